The molecular weight excluding hydrogens is 312 g/mol. The number of rotatable bonds is 11. The highest BCUT2D eigenvalue weighted by molar-refractivity contribution is 8.01. The van der Waals surface area contributed by atoms with Crippen molar-refractivity contribution in [2.24, 2.45) is 0 Å². The molecule has 0 bridgehead atoms. The van der Waals surface area contributed by atoms with Gasteiger partial charge in [-0.15, -0.1) is 11.8 Å². The van der Waals surface area contributed by atoms with E-state index >= 15 is 0 Å². The second-order valence-electron chi connectivity index (χ2n) is 4.53. The Morgan fingerprint density at radius 1 is 1.24 bits per heavy atom. The molecule has 2 atom stereocenters. The highest BCUT2D eigenvalue weighted by atomic mass is 32.2. The van der Waals surface area contributed by atoms with Gasteiger partial charge in [0.2, 0.25) is 5.44 Å². The lowest BCUT2D eigenvalue weighted by Gasteiger charge is -2.19. The Hall–Kier alpha value is -0.690. The van der Waals surface area contributed by atoms with Gasteiger partial charge in [-0.1, -0.05) is 20.3 Å². The van der Waals surface area contributed by atoms with Crippen LogP contribution in [0.4, 0.5) is 0 Å². The van der Waals surface area contributed by atoms with E-state index in [0.717, 1.165) is 24.6 Å². The predicted octanol–water partition coefficient (Wildman–Crippen LogP) is 2.62. The molecule has 0 aliphatic heterocycles. The van der Waals surface area contributed by atoms with Crippen LogP contribution in [0.5, 0.6) is 0 Å². The molecule has 7 heteroatoms. The van der Waals surface area contributed by atoms with Gasteiger partial charge in [-0.05, 0) is 13.3 Å². The molecule has 0 heterocycles. The second-order valence-corrected chi connectivity index (χ2v) is 6.35. The summed E-state index contributed by atoms with van der Waals surface area (Å²) in [5, 5.41) is -0.128. The van der Waals surface area contributed by atoms with Crippen molar-refractivity contribution in [1.29, 1.82) is 0 Å². The molecule has 0 aliphatic rings. The van der Waals surface area contributed by atoms with E-state index in [2.05, 4.69) is 12.6 Å². The summed E-state index contributed by atoms with van der Waals surface area (Å²) in [4.78, 5) is 34.8. The van der Waals surface area contributed by atoms with Gasteiger partial charge in [-0.25, -0.2) is 4.79 Å². The summed E-state index contributed by atoms with van der Waals surface area (Å²) in [5.74, 6) is -1.15. The van der Waals surface area contributed by atoms with Crippen LogP contribution in [0.2, 0.25) is 0 Å². The highest BCUT2D eigenvalue weighted by Gasteiger charge is 2.27. The summed E-state index contributed by atoms with van der Waals surface area (Å²) < 4.78 is 9.88. The zero-order valence-electron chi connectivity index (χ0n) is 12.8. The van der Waals surface area contributed by atoms with E-state index < -0.39 is 17.4 Å². The molecule has 122 valence electrons. The maximum atomic E-state index is 11.8. The molecule has 0 spiro atoms. The Kier molecular flexibility index (Phi) is 11.5. The topological polar surface area (TPSA) is 69.7 Å². The molecule has 0 fully saturated rings. The summed E-state index contributed by atoms with van der Waals surface area (Å²) in [5.41, 5.74) is -1.04. The summed E-state index contributed by atoms with van der Waals surface area (Å²) in [6.07, 6.45) is 2.73. The fraction of sp³-hybridized carbons (Fsp3) is 0.786. The van der Waals surface area contributed by atoms with Crippen LogP contribution in [0.15, 0.2) is 0 Å². The van der Waals surface area contributed by atoms with Gasteiger partial charge in [0.1, 0.15) is 5.78 Å². The molecule has 0 aromatic heterocycles. The first-order chi connectivity index (χ1) is 9.94. The van der Waals surface area contributed by atoms with Crippen molar-refractivity contribution in [3.8, 4) is 0 Å². The van der Waals surface area contributed by atoms with Crippen LogP contribution in [0.3, 0.4) is 0 Å². The maximum Gasteiger partial charge on any atom is 0.358 e. The molecular formula is C14H24O5S2. The van der Waals surface area contributed by atoms with E-state index in [1.54, 1.807) is 6.92 Å². The van der Waals surface area contributed by atoms with Gasteiger partial charge in [-0.2, -0.15) is 12.6 Å². The molecule has 0 N–H and O–H groups in total. The minimum Gasteiger partial charge on any atom is -0.463 e. The average molecular weight is 336 g/mol. The Bertz CT molecular complexity index is 346. The lowest BCUT2D eigenvalue weighted by molar-refractivity contribution is -0.159. The van der Waals surface area contributed by atoms with E-state index in [0.29, 0.717) is 12.8 Å². The molecule has 0 rings (SSSR count). The average Bonchev–Trinajstić information content (AvgIpc) is 2.44. The van der Waals surface area contributed by atoms with Gasteiger partial charge >= 0.3 is 11.9 Å². The Labute approximate surface area is 135 Å². The molecule has 0 amide bonds. The van der Waals surface area contributed by atoms with Gasteiger partial charge in [0.15, 0.2) is 0 Å². The molecule has 21 heavy (non-hydrogen) atoms. The first-order valence-electron chi connectivity index (χ1n) is 7.08. The zero-order valence-corrected chi connectivity index (χ0v) is 14.5. The molecule has 5 nitrogen and oxygen atoms in total. The van der Waals surface area contributed by atoms with Crippen LogP contribution >= 0.6 is 24.4 Å². The van der Waals surface area contributed by atoms with Crippen LogP contribution in [0, 0.1) is 0 Å². The number of unbranched alkanes of at least 4 members (excludes halogenated alkanes) is 1. The SMILES string of the molecule is CCCCC(=O)CC(C)SC(OC(=O)CS)C(=O)OCC. The smallest absolute Gasteiger partial charge is 0.358 e. The number of Topliss-reactive ketones (excluding diaryl/α,β-unsaturated/α-hetero) is 1. The number of thiol groups is 1. The van der Waals surface area contributed by atoms with Gasteiger partial charge < -0.3 is 9.47 Å². The van der Waals surface area contributed by atoms with Crippen LogP contribution in [-0.2, 0) is 23.9 Å². The molecule has 0 saturated carbocycles. The third-order valence-corrected chi connectivity index (χ3v) is 3.95. The Morgan fingerprint density at radius 3 is 2.43 bits per heavy atom. The van der Waals surface area contributed by atoms with E-state index in [-0.39, 0.29) is 23.4 Å². The van der Waals surface area contributed by atoms with E-state index in [1.807, 2.05) is 13.8 Å². The van der Waals surface area contributed by atoms with Crippen molar-refractivity contribution in [2.75, 3.05) is 12.4 Å². The lowest BCUT2D eigenvalue weighted by Crippen LogP contribution is -2.29. The first kappa shape index (κ1) is 20.3. The van der Waals surface area contributed by atoms with Crippen LogP contribution in [0.1, 0.15) is 46.5 Å². The van der Waals surface area contributed by atoms with Crippen molar-refractivity contribution >= 4 is 42.1 Å². The number of thioether (sulfide) groups is 1. The zero-order chi connectivity index (χ0) is 16.3. The molecule has 2 unspecified atom stereocenters. The second kappa shape index (κ2) is 11.9. The van der Waals surface area contributed by atoms with E-state index in [9.17, 15) is 14.4 Å². The number of esters is 2. The third kappa shape index (κ3) is 9.79. The minimum atomic E-state index is -1.04. The summed E-state index contributed by atoms with van der Waals surface area (Å²) in [6.45, 7) is 5.74. The normalized spacial score (nSPS) is 13.3. The largest absolute Gasteiger partial charge is 0.463 e. The summed E-state index contributed by atoms with van der Waals surface area (Å²) >= 11 is 4.93. The van der Waals surface area contributed by atoms with Crippen LogP contribution in [0.25, 0.3) is 0 Å². The van der Waals surface area contributed by atoms with Gasteiger partial charge in [0.05, 0.1) is 12.4 Å². The summed E-state index contributed by atoms with van der Waals surface area (Å²) in [6, 6.07) is 0. The quantitative estimate of drug-likeness (QED) is 0.355. The number of hydrogen-bond donors (Lipinski definition) is 1. The maximum absolute atomic E-state index is 11.8. The predicted molar refractivity (Wildman–Crippen MR) is 86.6 cm³/mol. The molecule has 0 aromatic carbocycles. The first-order valence-corrected chi connectivity index (χ1v) is 8.66. The van der Waals surface area contributed by atoms with Crippen molar-refractivity contribution in [1.82, 2.24) is 0 Å². The fourth-order valence-corrected chi connectivity index (χ4v) is 2.67. The van der Waals surface area contributed by atoms with E-state index in [4.69, 9.17) is 9.47 Å². The monoisotopic (exact) mass is 336 g/mol. The minimum absolute atomic E-state index is 0.111. The van der Waals surface area contributed by atoms with Gasteiger partial charge in [0, 0.05) is 18.1 Å². The standard InChI is InChI=1S/C14H24O5S2/c1-4-6-7-11(15)8-10(3)21-14(13(17)18-5-2)19-12(16)9-20/h10,14,20H,4-9H2,1-3H3. The Morgan fingerprint density at radius 2 is 1.90 bits per heavy atom. The molecule has 0 radical (unpaired) electrons. The van der Waals surface area contributed by atoms with Crippen LogP contribution in [-0.4, -0.2) is 40.8 Å². The van der Waals surface area contributed by atoms with Crippen molar-refractivity contribution in [2.45, 2.75) is 57.1 Å². The van der Waals surface area contributed by atoms with Crippen molar-refractivity contribution in [3.63, 3.8) is 0 Å². The number of ketones is 1. The third-order valence-electron chi connectivity index (χ3n) is 2.53. The van der Waals surface area contributed by atoms with Crippen molar-refractivity contribution < 1.29 is 23.9 Å². The number of carbonyl (C=O) groups is 3. The Balaban J connectivity index is 4.46. The highest BCUT2D eigenvalue weighted by Crippen LogP contribution is 2.24. The number of carbonyl (C=O) groups excluding carboxylic acids is 3. The summed E-state index contributed by atoms with van der Waals surface area (Å²) in [7, 11) is 0. The fourth-order valence-electron chi connectivity index (χ4n) is 1.55. The molecule has 0 aliphatic carbocycles. The van der Waals surface area contributed by atoms with E-state index in [1.165, 1.54) is 0 Å². The number of hydrogen-bond acceptors (Lipinski definition) is 7. The van der Waals surface area contributed by atoms with Gasteiger partial charge in [0.25, 0.3) is 0 Å². The van der Waals surface area contributed by atoms with Crippen molar-refractivity contribution in [3.05, 3.63) is 0 Å². The molecule has 0 saturated heterocycles. The number of ether oxygens (including phenoxy) is 2. The van der Waals surface area contributed by atoms with Crippen LogP contribution < -0.4 is 0 Å². The molecule has 0 aromatic rings. The lowest BCUT2D eigenvalue weighted by atomic mass is 10.1. The van der Waals surface area contributed by atoms with Gasteiger partial charge in [-0.3, -0.25) is 9.59 Å².